The highest BCUT2D eigenvalue weighted by Gasteiger charge is 2.18. The van der Waals surface area contributed by atoms with Crippen molar-refractivity contribution in [3.05, 3.63) is 33.8 Å². The lowest BCUT2D eigenvalue weighted by Crippen LogP contribution is -2.34. The van der Waals surface area contributed by atoms with E-state index in [0.717, 1.165) is 33.5 Å². The summed E-state index contributed by atoms with van der Waals surface area (Å²) in [6, 6.07) is 6.13. The van der Waals surface area contributed by atoms with Gasteiger partial charge in [0, 0.05) is 21.8 Å². The van der Waals surface area contributed by atoms with Crippen LogP contribution in [0.15, 0.2) is 22.7 Å². The minimum Gasteiger partial charge on any atom is -0.348 e. The van der Waals surface area contributed by atoms with Gasteiger partial charge in [0.25, 0.3) is 5.91 Å². The molecule has 16 heavy (non-hydrogen) atoms. The molecule has 1 aliphatic rings. The number of carbonyl (C=O) groups is 1. The zero-order chi connectivity index (χ0) is 11.5. The molecule has 0 aliphatic carbocycles. The molecule has 1 unspecified atom stereocenters. The fourth-order valence-electron chi connectivity index (χ4n) is 1.78. The number of hydrogen-bond donors (Lipinski definition) is 1. The summed E-state index contributed by atoms with van der Waals surface area (Å²) in [5, 5.41) is 3.07. The van der Waals surface area contributed by atoms with Gasteiger partial charge in [-0.3, -0.25) is 4.79 Å². The van der Waals surface area contributed by atoms with Gasteiger partial charge >= 0.3 is 0 Å². The van der Waals surface area contributed by atoms with Crippen LogP contribution in [-0.2, 0) is 0 Å². The van der Waals surface area contributed by atoms with Crippen molar-refractivity contribution in [2.75, 3.05) is 11.5 Å². The van der Waals surface area contributed by atoms with Crippen molar-refractivity contribution in [3.8, 4) is 0 Å². The first-order valence-electron chi connectivity index (χ1n) is 5.31. The SMILES string of the molecule is Cc1cc(Br)cc(C(=O)NC2CCSC2)c1. The highest BCUT2D eigenvalue weighted by Crippen LogP contribution is 2.19. The molecule has 0 bridgehead atoms. The molecule has 1 fully saturated rings. The van der Waals surface area contributed by atoms with Gasteiger partial charge < -0.3 is 5.32 Å². The number of amides is 1. The van der Waals surface area contributed by atoms with Crippen molar-refractivity contribution in [1.82, 2.24) is 5.32 Å². The van der Waals surface area contributed by atoms with E-state index in [0.29, 0.717) is 6.04 Å². The molecule has 1 saturated heterocycles. The summed E-state index contributed by atoms with van der Waals surface area (Å²) in [5.74, 6) is 2.23. The van der Waals surface area contributed by atoms with E-state index >= 15 is 0 Å². The van der Waals surface area contributed by atoms with Crippen LogP contribution in [-0.4, -0.2) is 23.5 Å². The lowest BCUT2D eigenvalue weighted by Gasteiger charge is -2.11. The highest BCUT2D eigenvalue weighted by molar-refractivity contribution is 9.10. The Hall–Kier alpha value is -0.480. The molecule has 1 aromatic rings. The van der Waals surface area contributed by atoms with Gasteiger partial charge in [-0.2, -0.15) is 11.8 Å². The topological polar surface area (TPSA) is 29.1 Å². The van der Waals surface area contributed by atoms with Crippen molar-refractivity contribution in [3.63, 3.8) is 0 Å². The lowest BCUT2D eigenvalue weighted by molar-refractivity contribution is 0.0941. The van der Waals surface area contributed by atoms with Crippen LogP contribution in [0.4, 0.5) is 0 Å². The number of rotatable bonds is 2. The van der Waals surface area contributed by atoms with E-state index < -0.39 is 0 Å². The first kappa shape index (κ1) is 12.0. The Morgan fingerprint density at radius 3 is 2.94 bits per heavy atom. The van der Waals surface area contributed by atoms with Crippen LogP contribution in [0.1, 0.15) is 22.3 Å². The Kier molecular flexibility index (Phi) is 3.92. The minimum atomic E-state index is 0.0388. The van der Waals surface area contributed by atoms with Gasteiger partial charge in [-0.15, -0.1) is 0 Å². The standard InChI is InChI=1S/C12H14BrNOS/c1-8-4-9(6-10(13)5-8)12(15)14-11-2-3-16-7-11/h4-6,11H,2-3,7H2,1H3,(H,14,15). The molecular formula is C12H14BrNOS. The fraction of sp³-hybridized carbons (Fsp3) is 0.417. The van der Waals surface area contributed by atoms with Crippen molar-refractivity contribution in [2.24, 2.45) is 0 Å². The van der Waals surface area contributed by atoms with Crippen LogP contribution in [0.5, 0.6) is 0 Å². The van der Waals surface area contributed by atoms with Crippen molar-refractivity contribution < 1.29 is 4.79 Å². The Bertz CT molecular complexity index is 382. The van der Waals surface area contributed by atoms with Crippen molar-refractivity contribution in [1.29, 1.82) is 0 Å². The number of nitrogens with one attached hydrogen (secondary N) is 1. The molecule has 0 spiro atoms. The molecule has 0 radical (unpaired) electrons. The maximum atomic E-state index is 12.0. The van der Waals surface area contributed by atoms with Gasteiger partial charge in [0.15, 0.2) is 0 Å². The van der Waals surface area contributed by atoms with E-state index in [9.17, 15) is 4.79 Å². The van der Waals surface area contributed by atoms with Gasteiger partial charge in [-0.1, -0.05) is 15.9 Å². The monoisotopic (exact) mass is 299 g/mol. The summed E-state index contributed by atoms with van der Waals surface area (Å²) in [6.45, 7) is 1.99. The lowest BCUT2D eigenvalue weighted by atomic mass is 10.1. The first-order chi connectivity index (χ1) is 7.65. The molecule has 1 heterocycles. The van der Waals surface area contributed by atoms with Crippen LogP contribution in [0, 0.1) is 6.92 Å². The average Bonchev–Trinajstić information content (AvgIpc) is 2.68. The second kappa shape index (κ2) is 5.23. The maximum Gasteiger partial charge on any atom is 0.251 e. The van der Waals surface area contributed by atoms with E-state index in [4.69, 9.17) is 0 Å². The van der Waals surface area contributed by atoms with Gasteiger partial charge in [0.2, 0.25) is 0 Å². The number of carbonyl (C=O) groups excluding carboxylic acids is 1. The third-order valence-electron chi connectivity index (χ3n) is 2.57. The molecule has 1 aliphatic heterocycles. The Morgan fingerprint density at radius 2 is 2.31 bits per heavy atom. The first-order valence-corrected chi connectivity index (χ1v) is 7.26. The summed E-state index contributed by atoms with van der Waals surface area (Å²) in [5.41, 5.74) is 1.84. The molecule has 2 nitrogen and oxygen atoms in total. The quantitative estimate of drug-likeness (QED) is 0.909. The summed E-state index contributed by atoms with van der Waals surface area (Å²) in [4.78, 5) is 12.0. The van der Waals surface area contributed by atoms with Crippen molar-refractivity contribution in [2.45, 2.75) is 19.4 Å². The molecule has 86 valence electrons. The smallest absolute Gasteiger partial charge is 0.251 e. The Morgan fingerprint density at radius 1 is 1.50 bits per heavy atom. The van der Waals surface area contributed by atoms with Gasteiger partial charge in [0.1, 0.15) is 0 Å². The van der Waals surface area contributed by atoms with Crippen LogP contribution < -0.4 is 5.32 Å². The van der Waals surface area contributed by atoms with Gasteiger partial charge in [-0.25, -0.2) is 0 Å². The normalized spacial score (nSPS) is 19.8. The Balaban J connectivity index is 2.07. The number of aryl methyl sites for hydroxylation is 1. The van der Waals surface area contributed by atoms with E-state index in [1.165, 1.54) is 0 Å². The Labute approximate surface area is 108 Å². The average molecular weight is 300 g/mol. The molecule has 4 heteroatoms. The molecule has 0 saturated carbocycles. The predicted octanol–water partition coefficient (Wildman–Crippen LogP) is 2.99. The van der Waals surface area contributed by atoms with E-state index in [1.54, 1.807) is 0 Å². The summed E-state index contributed by atoms with van der Waals surface area (Å²) < 4.78 is 0.957. The maximum absolute atomic E-state index is 12.0. The van der Waals surface area contributed by atoms with Gasteiger partial charge in [-0.05, 0) is 42.9 Å². The van der Waals surface area contributed by atoms with Crippen LogP contribution >= 0.6 is 27.7 Å². The van der Waals surface area contributed by atoms with Crippen LogP contribution in [0.2, 0.25) is 0 Å². The summed E-state index contributed by atoms with van der Waals surface area (Å²) in [6.07, 6.45) is 1.09. The molecule has 1 amide bonds. The third kappa shape index (κ3) is 3.01. The second-order valence-electron chi connectivity index (χ2n) is 4.05. The summed E-state index contributed by atoms with van der Waals surface area (Å²) >= 11 is 5.31. The number of benzene rings is 1. The number of halogens is 1. The number of thioether (sulfide) groups is 1. The largest absolute Gasteiger partial charge is 0.348 e. The van der Waals surface area contributed by atoms with E-state index in [-0.39, 0.29) is 5.91 Å². The molecule has 1 N–H and O–H groups in total. The predicted molar refractivity (Wildman–Crippen MR) is 72.1 cm³/mol. The number of hydrogen-bond acceptors (Lipinski definition) is 2. The van der Waals surface area contributed by atoms with Crippen LogP contribution in [0.25, 0.3) is 0 Å². The molecule has 2 rings (SSSR count). The molecule has 1 atom stereocenters. The molecular weight excluding hydrogens is 286 g/mol. The zero-order valence-electron chi connectivity index (χ0n) is 9.13. The zero-order valence-corrected chi connectivity index (χ0v) is 11.5. The molecule has 1 aromatic carbocycles. The summed E-state index contributed by atoms with van der Waals surface area (Å²) in [7, 11) is 0. The molecule has 0 aromatic heterocycles. The second-order valence-corrected chi connectivity index (χ2v) is 6.12. The fourth-order valence-corrected chi connectivity index (χ4v) is 3.54. The van der Waals surface area contributed by atoms with Crippen LogP contribution in [0.3, 0.4) is 0 Å². The minimum absolute atomic E-state index is 0.0388. The third-order valence-corrected chi connectivity index (χ3v) is 4.19. The van der Waals surface area contributed by atoms with E-state index in [1.807, 2.05) is 36.9 Å². The highest BCUT2D eigenvalue weighted by atomic mass is 79.9. The van der Waals surface area contributed by atoms with Crippen molar-refractivity contribution >= 4 is 33.6 Å². The van der Waals surface area contributed by atoms with Gasteiger partial charge in [0.05, 0.1) is 0 Å². The van der Waals surface area contributed by atoms with E-state index in [2.05, 4.69) is 21.2 Å².